The Morgan fingerprint density at radius 2 is 1.32 bits per heavy atom. The van der Waals surface area contributed by atoms with E-state index in [9.17, 15) is 0 Å². The average Bonchev–Trinajstić information content (AvgIpc) is 3.36. The first kappa shape index (κ1) is 30.4. The Morgan fingerprint density at radius 3 is 1.96 bits per heavy atom. The Labute approximate surface area is 281 Å². The third-order valence-electron chi connectivity index (χ3n) is 11.3. The first-order valence-corrected chi connectivity index (χ1v) is 17.4. The van der Waals surface area contributed by atoms with Crippen molar-refractivity contribution in [2.45, 2.75) is 111 Å². The molecule has 0 unspecified atom stereocenters. The fraction of sp³-hybridized carbons (Fsp3) is 0.395. The van der Waals surface area contributed by atoms with Crippen LogP contribution in [-0.2, 0) is 21.7 Å². The lowest BCUT2D eigenvalue weighted by molar-refractivity contribution is 0.330. The van der Waals surface area contributed by atoms with Crippen molar-refractivity contribution in [3.05, 3.63) is 94.5 Å². The number of aryl methyl sites for hydroxylation is 1. The predicted molar refractivity (Wildman–Crippen MR) is 199 cm³/mol. The number of hydrogen-bond donors (Lipinski definition) is 0. The normalized spacial score (nSPS) is 17.5. The van der Waals surface area contributed by atoms with Crippen LogP contribution in [0.15, 0.2) is 71.1 Å². The fourth-order valence-corrected chi connectivity index (χ4v) is 8.27. The van der Waals surface area contributed by atoms with Crippen LogP contribution in [0.1, 0.15) is 110 Å². The van der Waals surface area contributed by atoms with Gasteiger partial charge < -0.3 is 14.1 Å². The molecular formula is C43H48BNO2. The van der Waals surface area contributed by atoms with Gasteiger partial charge in [0, 0.05) is 22.2 Å². The largest absolute Gasteiger partial charge is 0.468 e. The zero-order valence-corrected chi connectivity index (χ0v) is 30.1. The van der Waals surface area contributed by atoms with Gasteiger partial charge in [0.05, 0.1) is 11.3 Å². The van der Waals surface area contributed by atoms with E-state index >= 15 is 0 Å². The van der Waals surface area contributed by atoms with Gasteiger partial charge >= 0.3 is 6.71 Å². The highest BCUT2D eigenvalue weighted by atomic mass is 16.5. The molecule has 0 saturated heterocycles. The molecule has 3 nitrogen and oxygen atoms in total. The molecular weight excluding hydrogens is 573 g/mol. The maximum Gasteiger partial charge on any atom is 0.301 e. The second-order valence-electron chi connectivity index (χ2n) is 17.8. The summed E-state index contributed by atoms with van der Waals surface area (Å²) in [6, 6.07) is 25.3. The molecule has 0 saturated carbocycles. The number of benzene rings is 4. The zero-order valence-electron chi connectivity index (χ0n) is 30.1. The minimum absolute atomic E-state index is 0.0105. The molecule has 1 aliphatic carbocycles. The van der Waals surface area contributed by atoms with Gasteiger partial charge in [0.25, 0.3) is 0 Å². The molecule has 47 heavy (non-hydrogen) atoms. The predicted octanol–water partition coefficient (Wildman–Crippen LogP) is 10.1. The van der Waals surface area contributed by atoms with Crippen LogP contribution in [0.2, 0.25) is 0 Å². The number of hydrogen-bond acceptors (Lipinski definition) is 3. The summed E-state index contributed by atoms with van der Waals surface area (Å²) in [5.74, 6) is 1.90. The monoisotopic (exact) mass is 621 g/mol. The van der Waals surface area contributed by atoms with E-state index in [4.69, 9.17) is 9.15 Å². The highest BCUT2D eigenvalue weighted by Crippen LogP contribution is 2.50. The number of fused-ring (bicyclic) bond motifs is 7. The smallest absolute Gasteiger partial charge is 0.301 e. The van der Waals surface area contributed by atoms with Gasteiger partial charge in [-0.1, -0.05) is 93.5 Å². The van der Waals surface area contributed by atoms with Crippen molar-refractivity contribution in [2.75, 3.05) is 4.90 Å². The van der Waals surface area contributed by atoms with E-state index in [1.807, 2.05) is 0 Å². The van der Waals surface area contributed by atoms with E-state index in [1.54, 1.807) is 0 Å². The van der Waals surface area contributed by atoms with Crippen LogP contribution in [-0.4, -0.2) is 6.71 Å². The molecule has 0 N–H and O–H groups in total. The molecule has 8 rings (SSSR count). The Morgan fingerprint density at radius 1 is 0.702 bits per heavy atom. The van der Waals surface area contributed by atoms with Gasteiger partial charge in [-0.15, -0.1) is 0 Å². The summed E-state index contributed by atoms with van der Waals surface area (Å²) in [5, 5.41) is 1.16. The molecule has 0 bridgehead atoms. The minimum atomic E-state index is -0.0685. The van der Waals surface area contributed by atoms with Gasteiger partial charge in [-0.25, -0.2) is 0 Å². The maximum absolute atomic E-state index is 7.06. The van der Waals surface area contributed by atoms with E-state index in [0.717, 1.165) is 39.5 Å². The summed E-state index contributed by atoms with van der Waals surface area (Å²) in [7, 11) is 0. The van der Waals surface area contributed by atoms with Gasteiger partial charge in [0.1, 0.15) is 17.1 Å². The van der Waals surface area contributed by atoms with Crippen molar-refractivity contribution >= 4 is 51.3 Å². The van der Waals surface area contributed by atoms with Crippen molar-refractivity contribution in [1.29, 1.82) is 0 Å². The highest BCUT2D eigenvalue weighted by Gasteiger charge is 2.48. The second-order valence-corrected chi connectivity index (χ2v) is 17.8. The summed E-state index contributed by atoms with van der Waals surface area (Å²) in [6.07, 6.45) is 2.34. The third kappa shape index (κ3) is 4.54. The second kappa shape index (κ2) is 9.59. The average molecular weight is 622 g/mol. The first-order chi connectivity index (χ1) is 21.9. The molecule has 4 aromatic carbocycles. The number of nitrogens with zero attached hydrogens (tertiary/aromatic N) is 1. The topological polar surface area (TPSA) is 25.6 Å². The Hall–Kier alpha value is -3.92. The third-order valence-corrected chi connectivity index (χ3v) is 11.3. The standard InChI is InChI=1S/C43H48BNO2/c1-25-20-33-37-36(21-25)46-35-24-31-30(42(8,9)18-19-43(31,10)11)23-32(35)44(37)39-38(29-22-27(41(5,6)7)14-17-34(29)47-39)45(33)28-15-12-26(13-16-28)40(2,3)4/h12-17,20-24H,18-19H2,1-11H3. The van der Waals surface area contributed by atoms with Gasteiger partial charge in [-0.2, -0.15) is 0 Å². The molecule has 4 heteroatoms. The summed E-state index contributed by atoms with van der Waals surface area (Å²) < 4.78 is 14.0. The van der Waals surface area contributed by atoms with Gasteiger partial charge in [-0.3, -0.25) is 0 Å². The van der Waals surface area contributed by atoms with E-state index in [2.05, 4.69) is 148 Å². The van der Waals surface area contributed by atoms with Crippen LogP contribution >= 0.6 is 0 Å². The lowest BCUT2D eigenvalue weighted by atomic mass is 9.35. The summed E-state index contributed by atoms with van der Waals surface area (Å²) in [4.78, 5) is 2.45. The minimum Gasteiger partial charge on any atom is -0.468 e. The van der Waals surface area contributed by atoms with Crippen molar-refractivity contribution in [3.8, 4) is 11.5 Å². The first-order valence-electron chi connectivity index (χ1n) is 17.4. The summed E-state index contributed by atoms with van der Waals surface area (Å²) in [6.45, 7) is 25.4. The molecule has 240 valence electrons. The Balaban J connectivity index is 1.45. The molecule has 0 amide bonds. The van der Waals surface area contributed by atoms with Crippen LogP contribution in [0.4, 0.5) is 17.1 Å². The summed E-state index contributed by atoms with van der Waals surface area (Å²) in [5.41, 5.74) is 14.7. The Bertz CT molecular complexity index is 2100. The van der Waals surface area contributed by atoms with E-state index in [-0.39, 0.29) is 28.4 Å². The Kier molecular flexibility index (Phi) is 6.20. The van der Waals surface area contributed by atoms with Crippen molar-refractivity contribution in [1.82, 2.24) is 0 Å². The van der Waals surface area contributed by atoms with Crippen LogP contribution in [0.3, 0.4) is 0 Å². The lowest BCUT2D eigenvalue weighted by Crippen LogP contribution is -2.59. The molecule has 2 aliphatic heterocycles. The number of rotatable bonds is 1. The van der Waals surface area contributed by atoms with E-state index in [0.29, 0.717) is 0 Å². The molecule has 0 spiro atoms. The number of anilines is 3. The lowest BCUT2D eigenvalue weighted by Gasteiger charge is -2.44. The van der Waals surface area contributed by atoms with Crippen LogP contribution in [0.25, 0.3) is 11.0 Å². The molecule has 3 heterocycles. The quantitative estimate of drug-likeness (QED) is 0.171. The van der Waals surface area contributed by atoms with Gasteiger partial charge in [0.2, 0.25) is 0 Å². The molecule has 0 radical (unpaired) electrons. The number of furan rings is 1. The number of ether oxygens (including phenoxy) is 1. The molecule has 5 aromatic rings. The SMILES string of the molecule is Cc1cc2c3c(c1)N(c1ccc(C(C)(C)C)cc1)c1c(oc4ccc(C(C)(C)C)cc14)B3c1cc3c(cc1O2)C(C)(C)CCC3(C)C. The van der Waals surface area contributed by atoms with Crippen molar-refractivity contribution in [2.24, 2.45) is 0 Å². The molecule has 0 atom stereocenters. The molecule has 0 fully saturated rings. The van der Waals surface area contributed by atoms with Gasteiger partial charge in [-0.05, 0) is 117 Å². The maximum atomic E-state index is 7.06. The highest BCUT2D eigenvalue weighted by molar-refractivity contribution is 6.98. The van der Waals surface area contributed by atoms with E-state index in [1.165, 1.54) is 57.3 Å². The van der Waals surface area contributed by atoms with Crippen molar-refractivity contribution < 1.29 is 9.15 Å². The summed E-state index contributed by atoms with van der Waals surface area (Å²) >= 11 is 0. The van der Waals surface area contributed by atoms with Crippen LogP contribution < -0.4 is 26.2 Å². The van der Waals surface area contributed by atoms with Gasteiger partial charge in [0.15, 0.2) is 0 Å². The van der Waals surface area contributed by atoms with Crippen LogP contribution in [0.5, 0.6) is 11.5 Å². The van der Waals surface area contributed by atoms with Crippen molar-refractivity contribution in [3.63, 3.8) is 0 Å². The molecule has 1 aromatic heterocycles. The molecule has 3 aliphatic rings. The fourth-order valence-electron chi connectivity index (χ4n) is 8.27. The van der Waals surface area contributed by atoms with E-state index < -0.39 is 0 Å². The van der Waals surface area contributed by atoms with Crippen LogP contribution in [0, 0.1) is 6.92 Å². The zero-order chi connectivity index (χ0) is 33.4.